The monoisotopic (exact) mass is 396 g/mol. The molecule has 4 aliphatic rings. The van der Waals surface area contributed by atoms with Crippen LogP contribution in [0.1, 0.15) is 32.3 Å². The summed E-state index contributed by atoms with van der Waals surface area (Å²) in [6.45, 7) is 8.06. The predicted octanol–water partition coefficient (Wildman–Crippen LogP) is 3.79. The van der Waals surface area contributed by atoms with Crippen LogP contribution in [0, 0.1) is 17.8 Å². The second-order valence-corrected chi connectivity index (χ2v) is 9.06. The van der Waals surface area contributed by atoms with Crippen LogP contribution in [0.3, 0.4) is 0 Å². The molecule has 0 spiro atoms. The van der Waals surface area contributed by atoms with E-state index < -0.39 is 29.9 Å². The van der Waals surface area contributed by atoms with Gasteiger partial charge in [-0.15, -0.1) is 6.58 Å². The number of rotatable bonds is 6. The first-order valence-electron chi connectivity index (χ1n) is 10.5. The fraction of sp³-hybridized carbons (Fsp3) is 0.542. The Balaban J connectivity index is 1.45. The van der Waals surface area contributed by atoms with Crippen LogP contribution in [0.5, 0.6) is 0 Å². The summed E-state index contributed by atoms with van der Waals surface area (Å²) in [4.78, 5) is 13.6. The summed E-state index contributed by atoms with van der Waals surface area (Å²) >= 11 is 0. The molecule has 7 atom stereocenters. The van der Waals surface area contributed by atoms with E-state index in [9.17, 15) is 4.79 Å². The average Bonchev–Trinajstić information content (AvgIpc) is 3.46. The molecule has 2 aliphatic heterocycles. The third-order valence-corrected chi connectivity index (χ3v) is 6.74. The number of ether oxygens (including phenoxy) is 4. The van der Waals surface area contributed by atoms with Crippen molar-refractivity contribution in [1.82, 2.24) is 0 Å². The van der Waals surface area contributed by atoms with Crippen molar-refractivity contribution in [2.45, 2.75) is 63.2 Å². The fourth-order valence-corrected chi connectivity index (χ4v) is 5.34. The lowest BCUT2D eigenvalue weighted by atomic mass is 9.80. The largest absolute Gasteiger partial charge is 0.360 e. The Bertz CT molecular complexity index is 831. The highest BCUT2D eigenvalue weighted by Crippen LogP contribution is 2.50. The molecule has 5 rings (SSSR count). The Hall–Kier alpha value is -1.79. The molecular formula is C24H28O5. The highest BCUT2D eigenvalue weighted by atomic mass is 16.8. The van der Waals surface area contributed by atoms with Gasteiger partial charge in [0.25, 0.3) is 0 Å². The van der Waals surface area contributed by atoms with Crippen molar-refractivity contribution in [3.8, 4) is 0 Å². The third kappa shape index (κ3) is 3.12. The van der Waals surface area contributed by atoms with Gasteiger partial charge in [0.2, 0.25) is 0 Å². The molecule has 2 aliphatic carbocycles. The van der Waals surface area contributed by atoms with Crippen LogP contribution >= 0.6 is 0 Å². The Morgan fingerprint density at radius 2 is 2.00 bits per heavy atom. The van der Waals surface area contributed by atoms with Gasteiger partial charge in [-0.05, 0) is 44.1 Å². The van der Waals surface area contributed by atoms with Crippen LogP contribution in [-0.4, -0.2) is 35.7 Å². The van der Waals surface area contributed by atoms with Gasteiger partial charge in [0.15, 0.2) is 29.6 Å². The molecule has 0 amide bonds. The topological polar surface area (TPSA) is 54.0 Å². The summed E-state index contributed by atoms with van der Waals surface area (Å²) in [5, 5.41) is 0. The third-order valence-electron chi connectivity index (χ3n) is 6.74. The van der Waals surface area contributed by atoms with Crippen molar-refractivity contribution < 1.29 is 23.7 Å². The molecule has 29 heavy (non-hydrogen) atoms. The molecule has 2 heterocycles. The van der Waals surface area contributed by atoms with Gasteiger partial charge in [0.05, 0.1) is 6.61 Å². The normalized spacial score (nSPS) is 41.6. The van der Waals surface area contributed by atoms with E-state index in [0.717, 1.165) is 18.4 Å². The molecule has 2 bridgehead atoms. The maximum atomic E-state index is 13.6. The number of Topliss-reactive ketones (excluding diaryl/α,β-unsaturated/α-hetero) is 1. The minimum absolute atomic E-state index is 0.0403. The van der Waals surface area contributed by atoms with Gasteiger partial charge in [-0.3, -0.25) is 4.79 Å². The summed E-state index contributed by atoms with van der Waals surface area (Å²) in [7, 11) is 0. The molecule has 2 saturated heterocycles. The van der Waals surface area contributed by atoms with E-state index in [1.165, 1.54) is 0 Å². The fourth-order valence-electron chi connectivity index (χ4n) is 5.34. The number of fused-ring (bicyclic) bond motifs is 3. The van der Waals surface area contributed by atoms with Crippen LogP contribution in [0.25, 0.3) is 0 Å². The van der Waals surface area contributed by atoms with Gasteiger partial charge in [-0.25, -0.2) is 0 Å². The molecule has 154 valence electrons. The first-order valence-corrected chi connectivity index (χ1v) is 10.5. The lowest BCUT2D eigenvalue weighted by Crippen LogP contribution is -2.54. The lowest BCUT2D eigenvalue weighted by molar-refractivity contribution is -0.229. The summed E-state index contributed by atoms with van der Waals surface area (Å²) < 4.78 is 24.7. The van der Waals surface area contributed by atoms with Crippen molar-refractivity contribution in [3.63, 3.8) is 0 Å². The zero-order valence-electron chi connectivity index (χ0n) is 17.0. The molecule has 1 aromatic rings. The quantitative estimate of drug-likeness (QED) is 0.685. The van der Waals surface area contributed by atoms with Crippen LogP contribution in [0.15, 0.2) is 55.1 Å². The van der Waals surface area contributed by atoms with Crippen molar-refractivity contribution in [2.75, 3.05) is 0 Å². The number of ketones is 1. The maximum absolute atomic E-state index is 13.6. The molecule has 0 N–H and O–H groups in total. The van der Waals surface area contributed by atoms with Gasteiger partial charge in [0.1, 0.15) is 6.10 Å². The minimum atomic E-state index is -1.09. The van der Waals surface area contributed by atoms with Crippen LogP contribution < -0.4 is 0 Å². The molecule has 1 saturated carbocycles. The lowest BCUT2D eigenvalue weighted by Gasteiger charge is -2.36. The zero-order chi connectivity index (χ0) is 20.2. The summed E-state index contributed by atoms with van der Waals surface area (Å²) in [5.74, 6) is 0.0369. The van der Waals surface area contributed by atoms with Gasteiger partial charge >= 0.3 is 0 Å². The van der Waals surface area contributed by atoms with Crippen molar-refractivity contribution in [2.24, 2.45) is 17.8 Å². The molecule has 5 heteroatoms. The standard InChI is InChI=1S/C24H28O5/c1-4-24(26-14-15-8-6-5-7-9-15)20(27-22-21(24)28-23(2,3)29-22)19(25)18-13-16-10-11-17(18)12-16/h4-11,16-18,20-22H,1,12-14H2,2-3H3/t16-,17+,18-,20-,21+,22-,24-/m1/s1. The van der Waals surface area contributed by atoms with E-state index in [0.29, 0.717) is 18.4 Å². The average molecular weight is 396 g/mol. The van der Waals surface area contributed by atoms with E-state index in [-0.39, 0.29) is 11.7 Å². The summed E-state index contributed by atoms with van der Waals surface area (Å²) in [6.07, 6.45) is 6.08. The SMILES string of the molecule is C=C[C@@]1(OCc2ccccc2)[C@@H](C(=O)[C@@H]2C[C@@H]3C=C[C@H]2C3)O[C@@H]2OC(C)(C)O[C@@H]21. The second-order valence-electron chi connectivity index (χ2n) is 9.06. The van der Waals surface area contributed by atoms with E-state index in [2.05, 4.69) is 18.7 Å². The van der Waals surface area contributed by atoms with E-state index >= 15 is 0 Å². The van der Waals surface area contributed by atoms with Crippen LogP contribution in [-0.2, 0) is 30.3 Å². The second kappa shape index (κ2) is 6.88. The molecule has 1 aromatic carbocycles. The van der Waals surface area contributed by atoms with Gasteiger partial charge in [-0.2, -0.15) is 0 Å². The van der Waals surface area contributed by atoms with E-state index in [1.54, 1.807) is 6.08 Å². The molecule has 0 radical (unpaired) electrons. The smallest absolute Gasteiger partial charge is 0.191 e. The number of carbonyl (C=O) groups is 1. The van der Waals surface area contributed by atoms with Gasteiger partial charge in [-0.1, -0.05) is 48.6 Å². The molecule has 0 aromatic heterocycles. The Labute approximate surface area is 171 Å². The number of hydrogen-bond donors (Lipinski definition) is 0. The molecule has 5 nitrogen and oxygen atoms in total. The van der Waals surface area contributed by atoms with Crippen LogP contribution in [0.2, 0.25) is 0 Å². The summed E-state index contributed by atoms with van der Waals surface area (Å²) in [6, 6.07) is 9.90. The summed E-state index contributed by atoms with van der Waals surface area (Å²) in [5.41, 5.74) is -0.0684. The Kier molecular flexibility index (Phi) is 4.55. The Morgan fingerprint density at radius 3 is 2.66 bits per heavy atom. The highest BCUT2D eigenvalue weighted by Gasteiger charge is 2.66. The highest BCUT2D eigenvalue weighted by molar-refractivity contribution is 5.88. The first-order chi connectivity index (χ1) is 13.9. The van der Waals surface area contributed by atoms with Crippen molar-refractivity contribution in [1.29, 1.82) is 0 Å². The van der Waals surface area contributed by atoms with E-state index in [4.69, 9.17) is 18.9 Å². The van der Waals surface area contributed by atoms with E-state index in [1.807, 2.05) is 44.2 Å². The molecular weight excluding hydrogens is 368 g/mol. The minimum Gasteiger partial charge on any atom is -0.360 e. The van der Waals surface area contributed by atoms with Gasteiger partial charge in [0, 0.05) is 5.92 Å². The number of allylic oxidation sites excluding steroid dienone is 2. The van der Waals surface area contributed by atoms with Crippen molar-refractivity contribution in [3.05, 3.63) is 60.7 Å². The van der Waals surface area contributed by atoms with Crippen LogP contribution in [0.4, 0.5) is 0 Å². The molecule has 3 fully saturated rings. The predicted molar refractivity (Wildman–Crippen MR) is 107 cm³/mol. The number of hydrogen-bond acceptors (Lipinski definition) is 5. The molecule has 0 unspecified atom stereocenters. The zero-order valence-corrected chi connectivity index (χ0v) is 17.0. The van der Waals surface area contributed by atoms with Crippen molar-refractivity contribution >= 4 is 5.78 Å². The number of benzene rings is 1. The number of carbonyl (C=O) groups excluding carboxylic acids is 1. The maximum Gasteiger partial charge on any atom is 0.191 e. The van der Waals surface area contributed by atoms with Gasteiger partial charge < -0.3 is 18.9 Å². The Morgan fingerprint density at radius 1 is 1.21 bits per heavy atom. The first kappa shape index (κ1) is 19.2.